The number of allylic oxidation sites excluding steroid dienone is 16. The summed E-state index contributed by atoms with van der Waals surface area (Å²) in [4.78, 5) is 38.4. The van der Waals surface area contributed by atoms with Gasteiger partial charge in [0, 0.05) is 19.3 Å². The number of rotatable bonds is 63. The summed E-state index contributed by atoms with van der Waals surface area (Å²) in [5.74, 6) is -0.920. The van der Waals surface area contributed by atoms with Gasteiger partial charge in [0.2, 0.25) is 0 Å². The summed E-state index contributed by atoms with van der Waals surface area (Å²) < 4.78 is 17.0. The third kappa shape index (κ3) is 67.0. The molecule has 81 heavy (non-hydrogen) atoms. The van der Waals surface area contributed by atoms with Crippen LogP contribution in [0.4, 0.5) is 0 Å². The third-order valence-corrected chi connectivity index (χ3v) is 15.1. The minimum Gasteiger partial charge on any atom is -0.462 e. The van der Waals surface area contributed by atoms with Crippen molar-refractivity contribution in [1.29, 1.82) is 0 Å². The summed E-state index contributed by atoms with van der Waals surface area (Å²) in [6, 6.07) is 0. The summed E-state index contributed by atoms with van der Waals surface area (Å²) in [5, 5.41) is 0. The van der Waals surface area contributed by atoms with Crippen LogP contribution >= 0.6 is 0 Å². The number of hydrogen-bond acceptors (Lipinski definition) is 6. The van der Waals surface area contributed by atoms with Crippen LogP contribution in [0.15, 0.2) is 97.2 Å². The molecule has 0 aromatic heterocycles. The number of carbonyl (C=O) groups is 3. The second-order valence-corrected chi connectivity index (χ2v) is 23.1. The first-order valence-corrected chi connectivity index (χ1v) is 34.7. The Labute approximate surface area is 502 Å². The lowest BCUT2D eigenvalue weighted by Gasteiger charge is -2.18. The minimum absolute atomic E-state index is 0.0923. The Morgan fingerprint density at radius 3 is 0.778 bits per heavy atom. The van der Waals surface area contributed by atoms with Gasteiger partial charge >= 0.3 is 17.9 Å². The van der Waals surface area contributed by atoms with Crippen LogP contribution in [-0.4, -0.2) is 37.2 Å². The molecule has 0 heterocycles. The van der Waals surface area contributed by atoms with Crippen molar-refractivity contribution in [3.63, 3.8) is 0 Å². The fourth-order valence-corrected chi connectivity index (χ4v) is 9.89. The zero-order valence-corrected chi connectivity index (χ0v) is 53.5. The Hall–Kier alpha value is -3.67. The average Bonchev–Trinajstić information content (AvgIpc) is 3.47. The van der Waals surface area contributed by atoms with Crippen LogP contribution in [0.25, 0.3) is 0 Å². The number of hydrogen-bond donors (Lipinski definition) is 0. The Kier molecular flexibility index (Phi) is 65.7. The second-order valence-electron chi connectivity index (χ2n) is 23.1. The molecule has 0 aliphatic carbocycles. The highest BCUT2D eigenvalue weighted by Gasteiger charge is 2.19. The number of unbranched alkanes of at least 4 members (excludes halogenated alkanes) is 36. The lowest BCUT2D eigenvalue weighted by molar-refractivity contribution is -0.167. The van der Waals surface area contributed by atoms with Crippen molar-refractivity contribution in [3.05, 3.63) is 97.2 Å². The van der Waals surface area contributed by atoms with Crippen molar-refractivity contribution in [2.75, 3.05) is 13.2 Å². The molecular formula is C75H130O6. The van der Waals surface area contributed by atoms with Crippen LogP contribution in [0.3, 0.4) is 0 Å². The van der Waals surface area contributed by atoms with Gasteiger partial charge in [-0.3, -0.25) is 14.4 Å². The Morgan fingerprint density at radius 2 is 0.481 bits per heavy atom. The van der Waals surface area contributed by atoms with Crippen molar-refractivity contribution < 1.29 is 28.6 Å². The second kappa shape index (κ2) is 68.8. The molecule has 0 saturated heterocycles. The molecule has 0 aromatic carbocycles. The van der Waals surface area contributed by atoms with Gasteiger partial charge in [0.25, 0.3) is 0 Å². The predicted octanol–water partition coefficient (Wildman–Crippen LogP) is 24.0. The summed E-state index contributed by atoms with van der Waals surface area (Å²) in [5.41, 5.74) is 0. The third-order valence-electron chi connectivity index (χ3n) is 15.1. The van der Waals surface area contributed by atoms with Crippen molar-refractivity contribution in [2.24, 2.45) is 0 Å². The fourth-order valence-electron chi connectivity index (χ4n) is 9.89. The number of ether oxygens (including phenoxy) is 3. The molecule has 6 nitrogen and oxygen atoms in total. The molecule has 466 valence electrons. The summed E-state index contributed by atoms with van der Waals surface area (Å²) in [7, 11) is 0. The monoisotopic (exact) mass is 1130 g/mol. The molecule has 0 radical (unpaired) electrons. The largest absolute Gasteiger partial charge is 0.462 e. The Balaban J connectivity index is 4.40. The van der Waals surface area contributed by atoms with Crippen molar-refractivity contribution in [2.45, 2.75) is 348 Å². The average molecular weight is 1130 g/mol. The first-order chi connectivity index (χ1) is 40.0. The van der Waals surface area contributed by atoms with E-state index in [1.807, 2.05) is 0 Å². The molecule has 0 aliphatic heterocycles. The van der Waals surface area contributed by atoms with Crippen LogP contribution in [0, 0.1) is 0 Å². The van der Waals surface area contributed by atoms with Gasteiger partial charge in [-0.1, -0.05) is 317 Å². The van der Waals surface area contributed by atoms with Crippen LogP contribution < -0.4 is 0 Å². The van der Waals surface area contributed by atoms with Gasteiger partial charge in [-0.2, -0.15) is 0 Å². The molecule has 0 fully saturated rings. The Morgan fingerprint density at radius 1 is 0.259 bits per heavy atom. The SMILES string of the molecule is CC/C=C\C/C=C\C/C=C\C/C=C\C/C=C\C/C=C\CCCCC(=O)OC(COC(=O)CCCCCCCCCCCCCCC/C=C\C/C=C\CCCCCCC)COC(=O)CCCCCCCCCCCCCCCCCCC. The van der Waals surface area contributed by atoms with Crippen molar-refractivity contribution >= 4 is 17.9 Å². The first kappa shape index (κ1) is 77.3. The quantitative estimate of drug-likeness (QED) is 0.0261. The molecule has 0 aromatic rings. The zero-order chi connectivity index (χ0) is 58.5. The van der Waals surface area contributed by atoms with E-state index in [1.165, 1.54) is 199 Å². The van der Waals surface area contributed by atoms with Crippen molar-refractivity contribution in [3.8, 4) is 0 Å². The number of esters is 3. The summed E-state index contributed by atoms with van der Waals surface area (Å²) in [6.45, 7) is 6.53. The van der Waals surface area contributed by atoms with Crippen LogP contribution in [0.1, 0.15) is 342 Å². The highest BCUT2D eigenvalue weighted by molar-refractivity contribution is 5.71. The molecule has 0 aliphatic rings. The lowest BCUT2D eigenvalue weighted by atomic mass is 10.0. The van der Waals surface area contributed by atoms with E-state index in [4.69, 9.17) is 14.2 Å². The van der Waals surface area contributed by atoms with Gasteiger partial charge in [0.05, 0.1) is 0 Å². The van der Waals surface area contributed by atoms with E-state index in [9.17, 15) is 14.4 Å². The molecule has 6 heteroatoms. The molecule has 0 saturated carbocycles. The van der Waals surface area contributed by atoms with Crippen LogP contribution in [0.2, 0.25) is 0 Å². The van der Waals surface area contributed by atoms with Gasteiger partial charge in [0.1, 0.15) is 13.2 Å². The van der Waals surface area contributed by atoms with E-state index in [0.29, 0.717) is 19.3 Å². The number of carbonyl (C=O) groups excluding carboxylic acids is 3. The standard InChI is InChI=1S/C75H130O6/c1-4-7-10-13-16-19-22-25-28-31-33-35-36-37-38-40-41-44-47-50-53-56-59-62-65-68-74(77)80-71-72(70-79-73(76)67-64-61-58-55-52-49-46-43-30-27-24-21-18-15-12-9-6-3)81-75(78)69-66-63-60-57-54-51-48-45-42-39-34-32-29-26-23-20-17-14-11-8-5-2/h8,11,17,20,22,25-26,29,31,33-34,39,45,48,54,57,72H,4-7,9-10,12-16,18-19,21,23-24,27-28,30,32,35-38,40-44,46-47,49-53,55-56,58-71H2,1-3H3/b11-8-,20-17-,25-22-,29-26-,33-31-,39-34-,48-45-,57-54-. The first-order valence-electron chi connectivity index (χ1n) is 34.7. The Bertz CT molecular complexity index is 1580. The van der Waals surface area contributed by atoms with Crippen LogP contribution in [0.5, 0.6) is 0 Å². The topological polar surface area (TPSA) is 78.9 Å². The molecule has 0 N–H and O–H groups in total. The molecular weight excluding hydrogens is 997 g/mol. The highest BCUT2D eigenvalue weighted by Crippen LogP contribution is 2.17. The molecule has 1 atom stereocenters. The molecule has 0 spiro atoms. The normalized spacial score (nSPS) is 12.7. The summed E-state index contributed by atoms with van der Waals surface area (Å²) >= 11 is 0. The van der Waals surface area contributed by atoms with Crippen molar-refractivity contribution in [1.82, 2.24) is 0 Å². The molecule has 1 unspecified atom stereocenters. The summed E-state index contributed by atoms with van der Waals surface area (Å²) in [6.07, 6.45) is 92.8. The maximum Gasteiger partial charge on any atom is 0.306 e. The minimum atomic E-state index is -0.802. The van der Waals surface area contributed by atoms with E-state index in [0.717, 1.165) is 96.3 Å². The fraction of sp³-hybridized carbons (Fsp3) is 0.747. The van der Waals surface area contributed by atoms with E-state index in [-0.39, 0.29) is 37.5 Å². The molecule has 0 bridgehead atoms. The lowest BCUT2D eigenvalue weighted by Crippen LogP contribution is -2.30. The van der Waals surface area contributed by atoms with E-state index in [1.54, 1.807) is 0 Å². The smallest absolute Gasteiger partial charge is 0.306 e. The maximum atomic E-state index is 12.9. The van der Waals surface area contributed by atoms with Crippen LogP contribution in [-0.2, 0) is 28.6 Å². The van der Waals surface area contributed by atoms with Gasteiger partial charge in [0.15, 0.2) is 6.10 Å². The predicted molar refractivity (Wildman–Crippen MR) is 353 cm³/mol. The van der Waals surface area contributed by atoms with E-state index < -0.39 is 6.10 Å². The zero-order valence-electron chi connectivity index (χ0n) is 53.5. The van der Waals surface area contributed by atoms with E-state index in [2.05, 4.69) is 118 Å². The molecule has 0 amide bonds. The van der Waals surface area contributed by atoms with Gasteiger partial charge in [-0.05, 0) is 103 Å². The van der Waals surface area contributed by atoms with Gasteiger partial charge in [-0.25, -0.2) is 0 Å². The van der Waals surface area contributed by atoms with E-state index >= 15 is 0 Å². The maximum absolute atomic E-state index is 12.9. The van der Waals surface area contributed by atoms with Gasteiger partial charge in [-0.15, -0.1) is 0 Å². The van der Waals surface area contributed by atoms with Gasteiger partial charge < -0.3 is 14.2 Å². The molecule has 0 rings (SSSR count). The highest BCUT2D eigenvalue weighted by atomic mass is 16.6.